The van der Waals surface area contributed by atoms with Crippen molar-refractivity contribution in [2.45, 2.75) is 13.8 Å². The molecule has 0 aliphatic carbocycles. The molecule has 0 saturated carbocycles. The minimum Gasteiger partial charge on any atom is -0.350 e. The largest absolute Gasteiger partial charge is 0.350 e. The zero-order valence-electron chi connectivity index (χ0n) is 13.2. The Morgan fingerprint density at radius 3 is 2.52 bits per heavy atom. The van der Waals surface area contributed by atoms with Crippen LogP contribution in [-0.2, 0) is 4.79 Å². The maximum absolute atomic E-state index is 12.2. The van der Waals surface area contributed by atoms with E-state index in [1.165, 1.54) is 6.92 Å². The summed E-state index contributed by atoms with van der Waals surface area (Å²) in [7, 11) is 0. The van der Waals surface area contributed by atoms with E-state index in [0.717, 1.165) is 15.7 Å². The minimum atomic E-state index is -0.162. The van der Waals surface area contributed by atoms with Crippen molar-refractivity contribution in [1.29, 1.82) is 0 Å². The first kappa shape index (κ1) is 17.2. The van der Waals surface area contributed by atoms with Gasteiger partial charge in [-0.25, -0.2) is 0 Å². The number of aryl methyl sites for hydroxylation is 1. The predicted molar refractivity (Wildman–Crippen MR) is 95.7 cm³/mol. The van der Waals surface area contributed by atoms with E-state index in [1.807, 2.05) is 49.4 Å². The molecule has 120 valence electrons. The maximum Gasteiger partial charge on any atom is 0.252 e. The highest BCUT2D eigenvalue weighted by Gasteiger charge is 2.13. The van der Waals surface area contributed by atoms with Crippen LogP contribution in [0, 0.1) is 6.92 Å². The van der Waals surface area contributed by atoms with Crippen molar-refractivity contribution >= 4 is 33.4 Å². The van der Waals surface area contributed by atoms with Gasteiger partial charge >= 0.3 is 0 Å². The summed E-state index contributed by atoms with van der Waals surface area (Å²) in [5.41, 5.74) is 2.51. The highest BCUT2D eigenvalue weighted by Crippen LogP contribution is 2.17. The highest BCUT2D eigenvalue weighted by molar-refractivity contribution is 9.10. The molecule has 0 aliphatic heterocycles. The Labute approximate surface area is 144 Å². The quantitative estimate of drug-likeness (QED) is 0.869. The van der Waals surface area contributed by atoms with Gasteiger partial charge in [-0.05, 0) is 52.7 Å². The average Bonchev–Trinajstić information content (AvgIpc) is 2.51. The standard InChI is InChI=1S/C18H19BrN2O2/c1-13-6-5-7-15(12-13)21(14(2)22)11-10-20-18(23)16-8-3-4-9-17(16)19/h3-9,12H,10-11H2,1-2H3,(H,20,23). The first-order chi connectivity index (χ1) is 11.0. The summed E-state index contributed by atoms with van der Waals surface area (Å²) in [5.74, 6) is -0.212. The zero-order chi connectivity index (χ0) is 16.8. The number of carbonyl (C=O) groups excluding carboxylic acids is 2. The van der Waals surface area contributed by atoms with Crippen LogP contribution in [0.4, 0.5) is 5.69 Å². The van der Waals surface area contributed by atoms with E-state index >= 15 is 0 Å². The average molecular weight is 375 g/mol. The molecule has 0 radical (unpaired) electrons. The normalized spacial score (nSPS) is 10.2. The molecule has 0 unspecified atom stereocenters. The van der Waals surface area contributed by atoms with Crippen LogP contribution < -0.4 is 10.2 Å². The van der Waals surface area contributed by atoms with Gasteiger partial charge in [0.25, 0.3) is 5.91 Å². The SMILES string of the molecule is CC(=O)N(CCNC(=O)c1ccccc1Br)c1cccc(C)c1. The van der Waals surface area contributed by atoms with E-state index in [2.05, 4.69) is 21.2 Å². The number of anilines is 1. The van der Waals surface area contributed by atoms with Gasteiger partial charge in [-0.3, -0.25) is 9.59 Å². The van der Waals surface area contributed by atoms with Gasteiger partial charge in [-0.2, -0.15) is 0 Å². The van der Waals surface area contributed by atoms with Gasteiger partial charge in [0.05, 0.1) is 5.56 Å². The van der Waals surface area contributed by atoms with E-state index < -0.39 is 0 Å². The highest BCUT2D eigenvalue weighted by atomic mass is 79.9. The van der Waals surface area contributed by atoms with Gasteiger partial charge in [0.15, 0.2) is 0 Å². The molecule has 0 fully saturated rings. The molecule has 0 bridgehead atoms. The predicted octanol–water partition coefficient (Wildman–Crippen LogP) is 3.54. The van der Waals surface area contributed by atoms with Crippen molar-refractivity contribution in [3.05, 3.63) is 64.1 Å². The van der Waals surface area contributed by atoms with Crippen LogP contribution in [0.25, 0.3) is 0 Å². The van der Waals surface area contributed by atoms with Crippen LogP contribution in [0.2, 0.25) is 0 Å². The van der Waals surface area contributed by atoms with Gasteiger partial charge in [0.2, 0.25) is 5.91 Å². The molecule has 5 heteroatoms. The lowest BCUT2D eigenvalue weighted by Gasteiger charge is -2.22. The van der Waals surface area contributed by atoms with Crippen LogP contribution >= 0.6 is 15.9 Å². The Kier molecular flexibility index (Phi) is 5.93. The number of rotatable bonds is 5. The van der Waals surface area contributed by atoms with E-state index in [9.17, 15) is 9.59 Å². The van der Waals surface area contributed by atoms with Gasteiger partial charge < -0.3 is 10.2 Å². The number of nitrogens with zero attached hydrogens (tertiary/aromatic N) is 1. The van der Waals surface area contributed by atoms with Crippen molar-refractivity contribution in [2.24, 2.45) is 0 Å². The van der Waals surface area contributed by atoms with Crippen molar-refractivity contribution < 1.29 is 9.59 Å². The fourth-order valence-corrected chi connectivity index (χ4v) is 2.75. The van der Waals surface area contributed by atoms with Crippen LogP contribution in [0.15, 0.2) is 53.0 Å². The zero-order valence-corrected chi connectivity index (χ0v) is 14.8. The number of hydrogen-bond acceptors (Lipinski definition) is 2. The fraction of sp³-hybridized carbons (Fsp3) is 0.222. The second-order valence-corrected chi connectivity index (χ2v) is 6.10. The summed E-state index contributed by atoms with van der Waals surface area (Å²) in [6.07, 6.45) is 0. The molecule has 0 aliphatic rings. The number of carbonyl (C=O) groups is 2. The Morgan fingerprint density at radius 2 is 1.87 bits per heavy atom. The Morgan fingerprint density at radius 1 is 1.13 bits per heavy atom. The second-order valence-electron chi connectivity index (χ2n) is 5.25. The monoisotopic (exact) mass is 374 g/mol. The number of amides is 2. The molecule has 0 heterocycles. The first-order valence-electron chi connectivity index (χ1n) is 7.36. The number of benzene rings is 2. The summed E-state index contributed by atoms with van der Waals surface area (Å²) in [6, 6.07) is 15.0. The third-order valence-electron chi connectivity index (χ3n) is 3.43. The first-order valence-corrected chi connectivity index (χ1v) is 8.16. The molecule has 1 N–H and O–H groups in total. The van der Waals surface area contributed by atoms with E-state index in [4.69, 9.17) is 0 Å². The van der Waals surface area contributed by atoms with Crippen molar-refractivity contribution in [2.75, 3.05) is 18.0 Å². The number of hydrogen-bond donors (Lipinski definition) is 1. The Hall–Kier alpha value is -2.14. The van der Waals surface area contributed by atoms with Crippen LogP contribution in [0.1, 0.15) is 22.8 Å². The molecular weight excluding hydrogens is 356 g/mol. The number of nitrogens with one attached hydrogen (secondary N) is 1. The van der Waals surface area contributed by atoms with E-state index in [0.29, 0.717) is 18.7 Å². The Bertz CT molecular complexity index is 716. The maximum atomic E-state index is 12.2. The van der Waals surface area contributed by atoms with Crippen molar-refractivity contribution in [3.63, 3.8) is 0 Å². The van der Waals surface area contributed by atoms with Crippen LogP contribution in [0.3, 0.4) is 0 Å². The second kappa shape index (κ2) is 7.92. The molecule has 2 aromatic carbocycles. The molecule has 2 aromatic rings. The molecule has 23 heavy (non-hydrogen) atoms. The van der Waals surface area contributed by atoms with Crippen molar-refractivity contribution in [3.8, 4) is 0 Å². The van der Waals surface area contributed by atoms with E-state index in [1.54, 1.807) is 11.0 Å². The molecular formula is C18H19BrN2O2. The lowest BCUT2D eigenvalue weighted by molar-refractivity contribution is -0.116. The Balaban J connectivity index is 1.99. The van der Waals surface area contributed by atoms with Gasteiger partial charge in [-0.1, -0.05) is 24.3 Å². The molecule has 0 spiro atoms. The molecule has 0 atom stereocenters. The lowest BCUT2D eigenvalue weighted by Crippen LogP contribution is -2.37. The summed E-state index contributed by atoms with van der Waals surface area (Å²) in [6.45, 7) is 4.32. The van der Waals surface area contributed by atoms with Gasteiger partial charge in [0.1, 0.15) is 0 Å². The summed E-state index contributed by atoms with van der Waals surface area (Å²) in [5, 5.41) is 2.85. The minimum absolute atomic E-state index is 0.0502. The van der Waals surface area contributed by atoms with Gasteiger partial charge in [-0.15, -0.1) is 0 Å². The molecule has 0 saturated heterocycles. The lowest BCUT2D eigenvalue weighted by atomic mass is 10.2. The molecule has 4 nitrogen and oxygen atoms in total. The number of halogens is 1. The van der Waals surface area contributed by atoms with Crippen LogP contribution in [-0.4, -0.2) is 24.9 Å². The molecule has 2 amide bonds. The smallest absolute Gasteiger partial charge is 0.252 e. The van der Waals surface area contributed by atoms with E-state index in [-0.39, 0.29) is 11.8 Å². The fourth-order valence-electron chi connectivity index (χ4n) is 2.29. The van der Waals surface area contributed by atoms with Crippen molar-refractivity contribution in [1.82, 2.24) is 5.32 Å². The third kappa shape index (κ3) is 4.66. The topological polar surface area (TPSA) is 49.4 Å². The third-order valence-corrected chi connectivity index (χ3v) is 4.12. The molecule has 2 rings (SSSR count). The summed E-state index contributed by atoms with van der Waals surface area (Å²) in [4.78, 5) is 25.7. The van der Waals surface area contributed by atoms with Gasteiger partial charge in [0, 0.05) is 30.2 Å². The summed E-state index contributed by atoms with van der Waals surface area (Å²) < 4.78 is 0.750. The van der Waals surface area contributed by atoms with Crippen LogP contribution in [0.5, 0.6) is 0 Å². The molecule has 0 aromatic heterocycles. The summed E-state index contributed by atoms with van der Waals surface area (Å²) >= 11 is 3.36.